The Kier molecular flexibility index (Phi) is 1.08. The van der Waals surface area contributed by atoms with Crippen molar-refractivity contribution in [3.05, 3.63) is 0 Å². The van der Waals surface area contributed by atoms with Crippen LogP contribution in [0.15, 0.2) is 0 Å². The number of fused-ring (bicyclic) bond motifs is 10. The topological polar surface area (TPSA) is 0 Å². The molecule has 5 aliphatic rings. The molecule has 0 saturated heterocycles. The second kappa shape index (κ2) is 2.08. The molecule has 0 amide bonds. The van der Waals surface area contributed by atoms with Gasteiger partial charge in [0.05, 0.1) is 0 Å². The summed E-state index contributed by atoms with van der Waals surface area (Å²) in [5, 5.41) is 0. The van der Waals surface area contributed by atoms with Gasteiger partial charge in [-0.1, -0.05) is 12.8 Å². The fourth-order valence-electron chi connectivity index (χ4n) is 6.52. The molecule has 0 spiro atoms. The van der Waals surface area contributed by atoms with Gasteiger partial charge in [0, 0.05) is 0 Å². The van der Waals surface area contributed by atoms with E-state index >= 15 is 0 Å². The molecule has 0 aromatic heterocycles. The zero-order valence-electron chi connectivity index (χ0n) is 8.86. The highest BCUT2D eigenvalue weighted by atomic mass is 14.8. The van der Waals surface area contributed by atoms with Crippen LogP contribution in [0.1, 0.15) is 38.5 Å². The molecule has 0 N–H and O–H groups in total. The van der Waals surface area contributed by atoms with E-state index in [9.17, 15) is 0 Å². The maximum Gasteiger partial charge on any atom is -0.0315 e. The summed E-state index contributed by atoms with van der Waals surface area (Å²) in [4.78, 5) is 0. The minimum absolute atomic E-state index is 1.23. The molecule has 0 aromatic rings. The van der Waals surface area contributed by atoms with Gasteiger partial charge >= 0.3 is 0 Å². The van der Waals surface area contributed by atoms with E-state index in [1.165, 1.54) is 47.3 Å². The van der Waals surface area contributed by atoms with Crippen LogP contribution in [0.25, 0.3) is 0 Å². The van der Waals surface area contributed by atoms with Crippen LogP contribution in [0.3, 0.4) is 0 Å². The Morgan fingerprint density at radius 3 is 1.14 bits per heavy atom. The smallest absolute Gasteiger partial charge is 0.0315 e. The molecule has 0 heterocycles. The van der Waals surface area contributed by atoms with Gasteiger partial charge < -0.3 is 0 Å². The first-order valence-electron chi connectivity index (χ1n) is 6.97. The lowest BCUT2D eigenvalue weighted by atomic mass is 9.23. The van der Waals surface area contributed by atoms with Crippen molar-refractivity contribution < 1.29 is 0 Å². The van der Waals surface area contributed by atoms with Crippen LogP contribution in [0.2, 0.25) is 0 Å². The Hall–Kier alpha value is 0. The van der Waals surface area contributed by atoms with Crippen LogP contribution in [0.4, 0.5) is 0 Å². The van der Waals surface area contributed by atoms with E-state index in [2.05, 4.69) is 0 Å². The molecule has 5 saturated carbocycles. The zero-order valence-corrected chi connectivity index (χ0v) is 8.86. The van der Waals surface area contributed by atoms with Crippen molar-refractivity contribution in [1.29, 1.82) is 0 Å². The lowest BCUT2D eigenvalue weighted by Crippen LogP contribution is -2.77. The highest BCUT2D eigenvalue weighted by Gasteiger charge is 2.76. The molecule has 0 heteroatoms. The van der Waals surface area contributed by atoms with Gasteiger partial charge in [-0.05, 0) is 73.0 Å². The van der Waals surface area contributed by atoms with Gasteiger partial charge in [0.25, 0.3) is 0 Å². The molecule has 76 valence electrons. The molecule has 5 aliphatic carbocycles. The summed E-state index contributed by atoms with van der Waals surface area (Å²) in [6.07, 6.45) is 9.60. The monoisotopic (exact) mass is 188 g/mol. The molecule has 0 aromatic carbocycles. The first-order valence-corrected chi connectivity index (χ1v) is 6.97. The standard InChI is InChI=1S/C14H20/c1-2-4-8-7(3-1)11-12(8)14-10-6-5-9(10)13(11)14/h7-14H,1-6H2/t7-,8+,9+,10-,11-,12+,13-,14+. The zero-order chi connectivity index (χ0) is 8.86. The van der Waals surface area contributed by atoms with Crippen LogP contribution < -0.4 is 0 Å². The van der Waals surface area contributed by atoms with Gasteiger partial charge in [-0.2, -0.15) is 0 Å². The van der Waals surface area contributed by atoms with Gasteiger partial charge in [-0.3, -0.25) is 0 Å². The molecule has 0 unspecified atom stereocenters. The van der Waals surface area contributed by atoms with E-state index in [0.717, 1.165) is 0 Å². The highest BCUT2D eigenvalue weighted by molar-refractivity contribution is 5.23. The Balaban J connectivity index is 1.45. The van der Waals surface area contributed by atoms with E-state index in [0.29, 0.717) is 0 Å². The average Bonchev–Trinajstić information content (AvgIpc) is 2.15. The molecule has 0 radical (unpaired) electrons. The van der Waals surface area contributed by atoms with E-state index < -0.39 is 0 Å². The Labute approximate surface area is 86.5 Å². The van der Waals surface area contributed by atoms with Crippen molar-refractivity contribution in [2.75, 3.05) is 0 Å². The fourth-order valence-corrected chi connectivity index (χ4v) is 6.52. The lowest BCUT2D eigenvalue weighted by Gasteiger charge is -2.82. The fraction of sp³-hybridized carbons (Fsp3) is 1.00. The Morgan fingerprint density at radius 1 is 0.429 bits per heavy atom. The van der Waals surface area contributed by atoms with Crippen molar-refractivity contribution in [3.63, 3.8) is 0 Å². The molecule has 8 atom stereocenters. The van der Waals surface area contributed by atoms with E-state index in [-0.39, 0.29) is 0 Å². The minimum Gasteiger partial charge on any atom is -0.0530 e. The number of hydrogen-bond donors (Lipinski definition) is 0. The first kappa shape index (κ1) is 7.30. The molecular weight excluding hydrogens is 168 g/mol. The maximum atomic E-state index is 1.62. The first-order chi connectivity index (χ1) is 6.97. The normalized spacial score (nSPS) is 72.0. The summed E-state index contributed by atoms with van der Waals surface area (Å²) in [6, 6.07) is 0. The van der Waals surface area contributed by atoms with Crippen molar-refractivity contribution in [2.45, 2.75) is 38.5 Å². The summed E-state index contributed by atoms with van der Waals surface area (Å²) < 4.78 is 0. The van der Waals surface area contributed by atoms with Crippen LogP contribution in [0, 0.1) is 47.3 Å². The largest absolute Gasteiger partial charge is 0.0530 e. The average molecular weight is 188 g/mol. The van der Waals surface area contributed by atoms with Gasteiger partial charge in [-0.25, -0.2) is 0 Å². The second-order valence-electron chi connectivity index (χ2n) is 6.83. The number of hydrogen-bond acceptors (Lipinski definition) is 0. The second-order valence-corrected chi connectivity index (χ2v) is 6.83. The van der Waals surface area contributed by atoms with Gasteiger partial charge in [0.2, 0.25) is 0 Å². The summed E-state index contributed by atoms with van der Waals surface area (Å²) in [7, 11) is 0. The van der Waals surface area contributed by atoms with E-state index in [1.54, 1.807) is 38.5 Å². The highest BCUT2D eigenvalue weighted by Crippen LogP contribution is 2.81. The minimum atomic E-state index is 1.23. The summed E-state index contributed by atoms with van der Waals surface area (Å²) in [6.45, 7) is 0. The van der Waals surface area contributed by atoms with Gasteiger partial charge in [0.15, 0.2) is 0 Å². The Bertz CT molecular complexity index is 256. The van der Waals surface area contributed by atoms with Crippen molar-refractivity contribution >= 4 is 0 Å². The molecule has 5 rings (SSSR count). The molecule has 0 aliphatic heterocycles. The molecule has 0 nitrogen and oxygen atoms in total. The van der Waals surface area contributed by atoms with Crippen molar-refractivity contribution in [3.8, 4) is 0 Å². The van der Waals surface area contributed by atoms with Crippen LogP contribution in [-0.4, -0.2) is 0 Å². The lowest BCUT2D eigenvalue weighted by molar-refractivity contribution is -0.342. The maximum absolute atomic E-state index is 1.62. The van der Waals surface area contributed by atoms with Crippen LogP contribution in [-0.2, 0) is 0 Å². The molecule has 14 heavy (non-hydrogen) atoms. The van der Waals surface area contributed by atoms with Crippen LogP contribution >= 0.6 is 0 Å². The number of rotatable bonds is 0. The SMILES string of the molecule is C1CC[C@H]2[C@@H](C1)[C@@H]1[C@H]2[C@@H]2[C@@H]3CC[C@@H]3[C@H]12. The predicted octanol–water partition coefficient (Wildman–Crippen LogP) is 3.32. The Morgan fingerprint density at radius 2 is 0.786 bits per heavy atom. The van der Waals surface area contributed by atoms with E-state index in [1.807, 2.05) is 0 Å². The third-order valence-electron chi connectivity index (χ3n) is 7.01. The van der Waals surface area contributed by atoms with Gasteiger partial charge in [0.1, 0.15) is 0 Å². The van der Waals surface area contributed by atoms with Crippen LogP contribution in [0.5, 0.6) is 0 Å². The van der Waals surface area contributed by atoms with Crippen molar-refractivity contribution in [1.82, 2.24) is 0 Å². The molecule has 0 bridgehead atoms. The molecule has 5 fully saturated rings. The van der Waals surface area contributed by atoms with E-state index in [4.69, 9.17) is 0 Å². The predicted molar refractivity (Wildman–Crippen MR) is 55.6 cm³/mol. The van der Waals surface area contributed by atoms with Gasteiger partial charge in [-0.15, -0.1) is 0 Å². The third-order valence-corrected chi connectivity index (χ3v) is 7.01. The third kappa shape index (κ3) is 0.537. The summed E-state index contributed by atoms with van der Waals surface area (Å²) >= 11 is 0. The van der Waals surface area contributed by atoms with Crippen molar-refractivity contribution in [2.24, 2.45) is 47.3 Å². The summed E-state index contributed by atoms with van der Waals surface area (Å²) in [5.74, 6) is 10.1. The summed E-state index contributed by atoms with van der Waals surface area (Å²) in [5.41, 5.74) is 0. The quantitative estimate of drug-likeness (QED) is 0.512. The molecular formula is C14H20.